The van der Waals surface area contributed by atoms with Crippen molar-refractivity contribution in [2.24, 2.45) is 0 Å². The Morgan fingerprint density at radius 1 is 1.21 bits per heavy atom. The van der Waals surface area contributed by atoms with Gasteiger partial charge in [-0.25, -0.2) is 9.97 Å². The van der Waals surface area contributed by atoms with Gasteiger partial charge < -0.3 is 15.5 Å². The highest BCUT2D eigenvalue weighted by Crippen LogP contribution is 2.29. The minimum Gasteiger partial charge on any atom is -0.337 e. The van der Waals surface area contributed by atoms with E-state index < -0.39 is 0 Å². The molecule has 10 heteroatoms. The molecule has 1 fully saturated rings. The van der Waals surface area contributed by atoms with E-state index >= 15 is 0 Å². The highest BCUT2D eigenvalue weighted by atomic mass is 35.5. The fourth-order valence-electron chi connectivity index (χ4n) is 3.91. The Labute approximate surface area is 196 Å². The molecule has 1 amide bonds. The summed E-state index contributed by atoms with van der Waals surface area (Å²) in [5.74, 6) is 0.791. The Balaban J connectivity index is 1.48. The first-order valence-corrected chi connectivity index (χ1v) is 11.3. The maximum Gasteiger partial charge on any atom is 0.255 e. The van der Waals surface area contributed by atoms with E-state index in [0.717, 1.165) is 35.7 Å². The Morgan fingerprint density at radius 3 is 2.73 bits per heavy atom. The molecule has 170 valence electrons. The van der Waals surface area contributed by atoms with Crippen molar-refractivity contribution in [1.29, 1.82) is 0 Å². The molecule has 1 aliphatic heterocycles. The predicted octanol–water partition coefficient (Wildman–Crippen LogP) is 3.69. The van der Waals surface area contributed by atoms with Crippen molar-refractivity contribution in [2.75, 3.05) is 31.5 Å². The average molecular weight is 465 g/mol. The molecule has 1 aliphatic rings. The van der Waals surface area contributed by atoms with Crippen LogP contribution in [0.5, 0.6) is 0 Å². The summed E-state index contributed by atoms with van der Waals surface area (Å²) in [6.07, 6.45) is 7.40. The minimum atomic E-state index is -0.0478. The van der Waals surface area contributed by atoms with E-state index in [9.17, 15) is 4.79 Å². The first kappa shape index (κ1) is 21.4. The first-order valence-electron chi connectivity index (χ1n) is 10.9. The first-order chi connectivity index (χ1) is 16.0. The molecule has 5 rings (SSSR count). The maximum absolute atomic E-state index is 12.9. The van der Waals surface area contributed by atoms with Crippen LogP contribution in [-0.4, -0.2) is 61.6 Å². The lowest BCUT2D eigenvalue weighted by Crippen LogP contribution is -2.46. The zero-order valence-electron chi connectivity index (χ0n) is 18.5. The summed E-state index contributed by atoms with van der Waals surface area (Å²) in [5, 5.41) is 13.9. The van der Waals surface area contributed by atoms with Gasteiger partial charge in [-0.05, 0) is 24.1 Å². The van der Waals surface area contributed by atoms with Crippen molar-refractivity contribution in [3.63, 3.8) is 0 Å². The highest BCUT2D eigenvalue weighted by Gasteiger charge is 2.21. The number of anilines is 2. The van der Waals surface area contributed by atoms with E-state index in [0.29, 0.717) is 35.1 Å². The fraction of sp³-hybridized carbons (Fsp3) is 0.304. The molecule has 4 heterocycles. The number of hydrogen-bond donors (Lipinski definition) is 3. The third-order valence-corrected chi connectivity index (χ3v) is 6.08. The summed E-state index contributed by atoms with van der Waals surface area (Å²) in [6, 6.07) is 5.37. The molecule has 0 aliphatic carbocycles. The Hall–Kier alpha value is -3.43. The number of aromatic amines is 1. The number of H-pyrrole nitrogens is 1. The number of piperazine rings is 1. The van der Waals surface area contributed by atoms with Gasteiger partial charge in [-0.1, -0.05) is 25.4 Å². The van der Waals surface area contributed by atoms with E-state index in [-0.39, 0.29) is 11.8 Å². The maximum atomic E-state index is 12.9. The Kier molecular flexibility index (Phi) is 5.74. The summed E-state index contributed by atoms with van der Waals surface area (Å²) < 4.78 is 2.01. The average Bonchev–Trinajstić information content (AvgIpc) is 3.49. The molecule has 0 spiro atoms. The van der Waals surface area contributed by atoms with Gasteiger partial charge >= 0.3 is 0 Å². The summed E-state index contributed by atoms with van der Waals surface area (Å²) in [7, 11) is 0. The second-order valence-electron chi connectivity index (χ2n) is 8.35. The molecule has 33 heavy (non-hydrogen) atoms. The molecule has 0 bridgehead atoms. The van der Waals surface area contributed by atoms with Crippen LogP contribution in [-0.2, 0) is 0 Å². The molecule has 1 aromatic carbocycles. The summed E-state index contributed by atoms with van der Waals surface area (Å²) in [6.45, 7) is 7.14. The minimum absolute atomic E-state index is 0.0478. The molecule has 0 saturated carbocycles. The van der Waals surface area contributed by atoms with Crippen LogP contribution in [0.25, 0.3) is 16.9 Å². The Bertz CT molecular complexity index is 1290. The molecular formula is C23H25ClN8O. The van der Waals surface area contributed by atoms with Crippen molar-refractivity contribution in [1.82, 2.24) is 34.8 Å². The highest BCUT2D eigenvalue weighted by molar-refractivity contribution is 6.34. The molecule has 0 unspecified atom stereocenters. The molecule has 9 nitrogen and oxygen atoms in total. The normalized spacial score (nSPS) is 14.2. The van der Waals surface area contributed by atoms with Crippen LogP contribution in [0.4, 0.5) is 11.5 Å². The lowest BCUT2D eigenvalue weighted by molar-refractivity contribution is 0.0736. The van der Waals surface area contributed by atoms with Crippen LogP contribution in [0.3, 0.4) is 0 Å². The quantitative estimate of drug-likeness (QED) is 0.416. The van der Waals surface area contributed by atoms with Crippen LogP contribution in [0.1, 0.15) is 35.8 Å². The SMILES string of the molecule is CC(C)c1cn2c(-c3cn[nH]c3)cnc2c(Nc2ccc(C(=O)N3CCNCC3)c(Cl)c2)n1. The number of amides is 1. The monoisotopic (exact) mass is 464 g/mol. The van der Waals surface area contributed by atoms with E-state index in [1.165, 1.54) is 0 Å². The largest absolute Gasteiger partial charge is 0.337 e. The van der Waals surface area contributed by atoms with Gasteiger partial charge in [0.05, 0.1) is 34.4 Å². The van der Waals surface area contributed by atoms with Crippen molar-refractivity contribution in [3.05, 3.63) is 59.3 Å². The zero-order valence-corrected chi connectivity index (χ0v) is 19.2. The van der Waals surface area contributed by atoms with Crippen molar-refractivity contribution in [2.45, 2.75) is 19.8 Å². The fourth-order valence-corrected chi connectivity index (χ4v) is 4.18. The number of nitrogens with one attached hydrogen (secondary N) is 3. The number of benzene rings is 1. The number of halogens is 1. The van der Waals surface area contributed by atoms with Crippen molar-refractivity contribution >= 4 is 34.7 Å². The van der Waals surface area contributed by atoms with Gasteiger partial charge in [0, 0.05) is 49.8 Å². The molecule has 0 radical (unpaired) electrons. The summed E-state index contributed by atoms with van der Waals surface area (Å²) >= 11 is 6.53. The number of carbonyl (C=O) groups is 1. The predicted molar refractivity (Wildman–Crippen MR) is 128 cm³/mol. The van der Waals surface area contributed by atoms with Gasteiger partial charge in [0.25, 0.3) is 5.91 Å². The number of rotatable bonds is 5. The summed E-state index contributed by atoms with van der Waals surface area (Å²) in [4.78, 5) is 24.1. The van der Waals surface area contributed by atoms with Crippen LogP contribution < -0.4 is 10.6 Å². The number of fused-ring (bicyclic) bond motifs is 1. The molecular weight excluding hydrogens is 440 g/mol. The third-order valence-electron chi connectivity index (χ3n) is 5.76. The molecule has 3 N–H and O–H groups in total. The topological polar surface area (TPSA) is 103 Å². The third kappa shape index (κ3) is 4.17. The van der Waals surface area contributed by atoms with Gasteiger partial charge in [0.15, 0.2) is 11.5 Å². The standard InChI is InChI=1S/C23H25ClN8O/c1-14(2)19-13-32-20(15-10-27-28-11-15)12-26-22(32)21(30-19)29-16-3-4-17(18(24)9-16)23(33)31-7-5-25-6-8-31/h3-4,9-14,25H,5-8H2,1-2H3,(H,27,28)(H,29,30). The van der Waals surface area contributed by atoms with Gasteiger partial charge in [-0.3, -0.25) is 14.3 Å². The number of carbonyl (C=O) groups excluding carboxylic acids is 1. The number of imidazole rings is 1. The van der Waals surface area contributed by atoms with E-state index in [2.05, 4.69) is 39.7 Å². The van der Waals surface area contributed by atoms with Crippen molar-refractivity contribution in [3.8, 4) is 11.3 Å². The second-order valence-corrected chi connectivity index (χ2v) is 8.76. The lowest BCUT2D eigenvalue weighted by Gasteiger charge is -2.27. The van der Waals surface area contributed by atoms with Gasteiger partial charge in [0.1, 0.15) is 0 Å². The van der Waals surface area contributed by atoms with Crippen molar-refractivity contribution < 1.29 is 4.79 Å². The van der Waals surface area contributed by atoms with Crippen LogP contribution in [0.2, 0.25) is 5.02 Å². The van der Waals surface area contributed by atoms with E-state index in [1.54, 1.807) is 24.5 Å². The number of nitrogens with zero attached hydrogens (tertiary/aromatic N) is 5. The Morgan fingerprint density at radius 2 is 2.03 bits per heavy atom. The lowest BCUT2D eigenvalue weighted by atomic mass is 10.1. The smallest absolute Gasteiger partial charge is 0.255 e. The summed E-state index contributed by atoms with van der Waals surface area (Å²) in [5.41, 5.74) is 4.70. The van der Waals surface area contributed by atoms with E-state index in [1.807, 2.05) is 27.8 Å². The van der Waals surface area contributed by atoms with Crippen LogP contribution in [0, 0.1) is 0 Å². The van der Waals surface area contributed by atoms with Gasteiger partial charge in [-0.15, -0.1) is 0 Å². The molecule has 0 atom stereocenters. The van der Waals surface area contributed by atoms with E-state index in [4.69, 9.17) is 16.6 Å². The van der Waals surface area contributed by atoms with Gasteiger partial charge in [-0.2, -0.15) is 5.10 Å². The molecule has 4 aromatic rings. The number of aromatic nitrogens is 5. The van der Waals surface area contributed by atoms with Crippen LogP contribution in [0.15, 0.2) is 43.0 Å². The van der Waals surface area contributed by atoms with Crippen LogP contribution >= 0.6 is 11.6 Å². The zero-order chi connectivity index (χ0) is 22.9. The second kappa shape index (κ2) is 8.84. The number of hydrogen-bond acceptors (Lipinski definition) is 6. The molecule has 3 aromatic heterocycles. The van der Waals surface area contributed by atoms with Gasteiger partial charge in [0.2, 0.25) is 0 Å². The molecule has 1 saturated heterocycles.